The molecule has 1 aromatic carbocycles. The van der Waals surface area contributed by atoms with Gasteiger partial charge in [0.05, 0.1) is 0 Å². The summed E-state index contributed by atoms with van der Waals surface area (Å²) in [7, 11) is 0. The molecule has 0 bridgehead atoms. The van der Waals surface area contributed by atoms with Crippen LogP contribution in [0, 0.1) is 12.8 Å². The third-order valence-corrected chi connectivity index (χ3v) is 2.95. The lowest BCUT2D eigenvalue weighted by atomic mass is 10.2. The van der Waals surface area contributed by atoms with Gasteiger partial charge in [-0.05, 0) is 37.9 Å². The largest absolute Gasteiger partial charge is 0.370 e. The second-order valence-corrected chi connectivity index (χ2v) is 4.96. The average Bonchev–Trinajstić information content (AvgIpc) is 2.30. The zero-order chi connectivity index (χ0) is 12.7. The van der Waals surface area contributed by atoms with Crippen molar-refractivity contribution in [1.29, 1.82) is 0 Å². The Morgan fingerprint density at radius 1 is 1.24 bits per heavy atom. The second-order valence-electron chi connectivity index (χ2n) is 4.96. The molecule has 0 aromatic heterocycles. The van der Waals surface area contributed by atoms with Gasteiger partial charge >= 0.3 is 0 Å². The van der Waals surface area contributed by atoms with Crippen molar-refractivity contribution < 1.29 is 0 Å². The highest BCUT2D eigenvalue weighted by atomic mass is 15.1. The molecule has 2 heteroatoms. The smallest absolute Gasteiger partial charge is 0.0396 e. The Bertz CT molecular complexity index is 320. The third kappa shape index (κ3) is 4.78. The summed E-state index contributed by atoms with van der Waals surface area (Å²) in [5, 5.41) is 3.50. The Hall–Kier alpha value is -1.02. The lowest BCUT2D eigenvalue weighted by molar-refractivity contribution is 0.551. The van der Waals surface area contributed by atoms with Crippen LogP contribution >= 0.6 is 0 Å². The van der Waals surface area contributed by atoms with E-state index in [4.69, 9.17) is 0 Å². The molecule has 0 spiro atoms. The van der Waals surface area contributed by atoms with Crippen molar-refractivity contribution in [2.24, 2.45) is 5.92 Å². The average molecular weight is 234 g/mol. The number of hydrogen-bond acceptors (Lipinski definition) is 2. The summed E-state index contributed by atoms with van der Waals surface area (Å²) in [5.41, 5.74) is 2.72. The fourth-order valence-corrected chi connectivity index (χ4v) is 1.97. The molecule has 1 rings (SSSR count). The predicted molar refractivity (Wildman–Crippen MR) is 76.8 cm³/mol. The molecule has 1 aromatic rings. The topological polar surface area (TPSA) is 15.3 Å². The maximum absolute atomic E-state index is 3.50. The van der Waals surface area contributed by atoms with Gasteiger partial charge in [0.15, 0.2) is 0 Å². The number of aryl methyl sites for hydroxylation is 1. The van der Waals surface area contributed by atoms with Crippen LogP contribution in [0.15, 0.2) is 24.3 Å². The highest BCUT2D eigenvalue weighted by Crippen LogP contribution is 2.18. The Morgan fingerprint density at radius 3 is 2.53 bits per heavy atom. The quantitative estimate of drug-likeness (QED) is 0.729. The van der Waals surface area contributed by atoms with Gasteiger partial charge in [0.2, 0.25) is 0 Å². The van der Waals surface area contributed by atoms with Crippen molar-refractivity contribution in [2.45, 2.75) is 27.7 Å². The van der Waals surface area contributed by atoms with Crippen LogP contribution in [-0.4, -0.2) is 26.2 Å². The summed E-state index contributed by atoms with van der Waals surface area (Å²) in [6.45, 7) is 13.2. The van der Waals surface area contributed by atoms with Gasteiger partial charge in [-0.3, -0.25) is 0 Å². The second kappa shape index (κ2) is 7.33. The number of para-hydroxylation sites is 1. The number of anilines is 1. The fourth-order valence-electron chi connectivity index (χ4n) is 1.97. The molecule has 0 radical (unpaired) electrons. The molecule has 0 amide bonds. The van der Waals surface area contributed by atoms with Crippen molar-refractivity contribution in [3.8, 4) is 0 Å². The summed E-state index contributed by atoms with van der Waals surface area (Å²) in [6, 6.07) is 8.61. The molecule has 2 nitrogen and oxygen atoms in total. The van der Waals surface area contributed by atoms with Gasteiger partial charge < -0.3 is 10.2 Å². The first-order chi connectivity index (χ1) is 8.15. The molecule has 96 valence electrons. The number of nitrogens with one attached hydrogen (secondary N) is 1. The van der Waals surface area contributed by atoms with Gasteiger partial charge in [-0.25, -0.2) is 0 Å². The minimum absolute atomic E-state index is 0.725. The molecule has 0 fully saturated rings. The van der Waals surface area contributed by atoms with Crippen LogP contribution in [0.2, 0.25) is 0 Å². The van der Waals surface area contributed by atoms with E-state index >= 15 is 0 Å². The molecule has 0 unspecified atom stereocenters. The van der Waals surface area contributed by atoms with Gasteiger partial charge in [-0.2, -0.15) is 0 Å². The van der Waals surface area contributed by atoms with Crippen molar-refractivity contribution in [2.75, 3.05) is 31.1 Å². The van der Waals surface area contributed by atoms with Gasteiger partial charge in [0, 0.05) is 25.3 Å². The molecule has 0 saturated carbocycles. The number of rotatable bonds is 7. The molecule has 0 atom stereocenters. The SMILES string of the molecule is CCN(CCNCC(C)C)c1ccccc1C. The maximum atomic E-state index is 3.50. The maximum Gasteiger partial charge on any atom is 0.0396 e. The van der Waals surface area contributed by atoms with Crippen LogP contribution in [0.1, 0.15) is 26.3 Å². The van der Waals surface area contributed by atoms with Crippen LogP contribution in [0.5, 0.6) is 0 Å². The highest BCUT2D eigenvalue weighted by molar-refractivity contribution is 5.52. The highest BCUT2D eigenvalue weighted by Gasteiger charge is 2.05. The number of likely N-dealkylation sites (N-methyl/N-ethyl adjacent to an activating group) is 1. The van der Waals surface area contributed by atoms with Crippen molar-refractivity contribution >= 4 is 5.69 Å². The van der Waals surface area contributed by atoms with E-state index in [-0.39, 0.29) is 0 Å². The van der Waals surface area contributed by atoms with E-state index in [2.05, 4.69) is 62.2 Å². The van der Waals surface area contributed by atoms with E-state index in [0.717, 1.165) is 32.1 Å². The summed E-state index contributed by atoms with van der Waals surface area (Å²) in [4.78, 5) is 2.43. The van der Waals surface area contributed by atoms with Gasteiger partial charge in [-0.1, -0.05) is 32.0 Å². The van der Waals surface area contributed by atoms with E-state index in [0.29, 0.717) is 0 Å². The fraction of sp³-hybridized carbons (Fsp3) is 0.600. The van der Waals surface area contributed by atoms with Crippen LogP contribution < -0.4 is 10.2 Å². The van der Waals surface area contributed by atoms with Crippen molar-refractivity contribution in [3.05, 3.63) is 29.8 Å². The van der Waals surface area contributed by atoms with Crippen LogP contribution in [-0.2, 0) is 0 Å². The molecule has 0 aliphatic carbocycles. The van der Waals surface area contributed by atoms with E-state index in [1.807, 2.05) is 0 Å². The standard InChI is InChI=1S/C15H26N2/c1-5-17(11-10-16-12-13(2)3)15-9-7-6-8-14(15)4/h6-9,13,16H,5,10-12H2,1-4H3. The number of hydrogen-bond donors (Lipinski definition) is 1. The summed E-state index contributed by atoms with van der Waals surface area (Å²) < 4.78 is 0. The van der Waals surface area contributed by atoms with Crippen LogP contribution in [0.4, 0.5) is 5.69 Å². The Balaban J connectivity index is 2.46. The number of nitrogens with zero attached hydrogens (tertiary/aromatic N) is 1. The molecule has 17 heavy (non-hydrogen) atoms. The van der Waals surface area contributed by atoms with Gasteiger partial charge in [0.1, 0.15) is 0 Å². The normalized spacial score (nSPS) is 10.9. The van der Waals surface area contributed by atoms with E-state index in [1.54, 1.807) is 0 Å². The monoisotopic (exact) mass is 234 g/mol. The first kappa shape index (κ1) is 14.0. The summed E-state index contributed by atoms with van der Waals surface area (Å²) >= 11 is 0. The predicted octanol–water partition coefficient (Wildman–Crippen LogP) is 3.07. The minimum Gasteiger partial charge on any atom is -0.370 e. The Kier molecular flexibility index (Phi) is 6.06. The van der Waals surface area contributed by atoms with Gasteiger partial charge in [-0.15, -0.1) is 0 Å². The molecule has 0 aliphatic heterocycles. The molecule has 0 saturated heterocycles. The van der Waals surface area contributed by atoms with Crippen LogP contribution in [0.25, 0.3) is 0 Å². The van der Waals surface area contributed by atoms with E-state index < -0.39 is 0 Å². The Labute approximate surface area is 106 Å². The first-order valence-electron chi connectivity index (χ1n) is 6.66. The lowest BCUT2D eigenvalue weighted by Gasteiger charge is -2.25. The number of benzene rings is 1. The summed E-state index contributed by atoms with van der Waals surface area (Å²) in [6.07, 6.45) is 0. The first-order valence-corrected chi connectivity index (χ1v) is 6.66. The molecule has 0 heterocycles. The molecule has 0 aliphatic rings. The van der Waals surface area contributed by atoms with Crippen molar-refractivity contribution in [1.82, 2.24) is 5.32 Å². The van der Waals surface area contributed by atoms with Crippen molar-refractivity contribution in [3.63, 3.8) is 0 Å². The minimum atomic E-state index is 0.725. The van der Waals surface area contributed by atoms with E-state index in [9.17, 15) is 0 Å². The molecular formula is C15H26N2. The van der Waals surface area contributed by atoms with E-state index in [1.165, 1.54) is 11.3 Å². The third-order valence-electron chi connectivity index (χ3n) is 2.95. The summed E-state index contributed by atoms with van der Waals surface area (Å²) in [5.74, 6) is 0.725. The lowest BCUT2D eigenvalue weighted by Crippen LogP contribution is -2.33. The van der Waals surface area contributed by atoms with Gasteiger partial charge in [0.25, 0.3) is 0 Å². The molecular weight excluding hydrogens is 208 g/mol. The van der Waals surface area contributed by atoms with Crippen LogP contribution in [0.3, 0.4) is 0 Å². The zero-order valence-electron chi connectivity index (χ0n) is 11.7. The Morgan fingerprint density at radius 2 is 1.94 bits per heavy atom. The molecule has 1 N–H and O–H groups in total. The zero-order valence-corrected chi connectivity index (χ0v) is 11.7.